The van der Waals surface area contributed by atoms with Crippen molar-refractivity contribution in [1.82, 2.24) is 0 Å². The Hall–Kier alpha value is -3.33. The van der Waals surface area contributed by atoms with Gasteiger partial charge in [-0.2, -0.15) is 0 Å². The summed E-state index contributed by atoms with van der Waals surface area (Å²) in [7, 11) is 0. The van der Waals surface area contributed by atoms with Gasteiger partial charge in [0.05, 0.1) is 5.69 Å². The molecule has 0 radical (unpaired) electrons. The molecule has 0 amide bonds. The quantitative estimate of drug-likeness (QED) is 0.353. The van der Waals surface area contributed by atoms with Crippen molar-refractivity contribution in [3.8, 4) is 0 Å². The molecule has 3 nitrogen and oxygen atoms in total. The number of anilines is 3. The Morgan fingerprint density at radius 2 is 1.41 bits per heavy atom. The predicted molar refractivity (Wildman–Crippen MR) is 120 cm³/mol. The van der Waals surface area contributed by atoms with E-state index in [9.17, 15) is 4.79 Å². The molecule has 0 atom stereocenters. The number of nitrogens with zero attached hydrogens (tertiary/aromatic N) is 1. The van der Waals surface area contributed by atoms with Gasteiger partial charge in [-0.05, 0) is 80.3 Å². The third kappa shape index (κ3) is 4.57. The van der Waals surface area contributed by atoms with E-state index in [-0.39, 0.29) is 6.61 Å². The monoisotopic (exact) mass is 385 g/mol. The van der Waals surface area contributed by atoms with Crippen LogP contribution < -0.4 is 4.90 Å². The maximum absolute atomic E-state index is 11.6. The molecule has 3 heteroatoms. The van der Waals surface area contributed by atoms with Crippen LogP contribution in [0, 0.1) is 27.7 Å². The molecule has 0 heterocycles. The number of esters is 1. The minimum absolute atomic E-state index is 0.188. The van der Waals surface area contributed by atoms with Gasteiger partial charge in [0.2, 0.25) is 0 Å². The van der Waals surface area contributed by atoms with Crippen LogP contribution in [-0.4, -0.2) is 5.97 Å². The average Bonchev–Trinajstić information content (AvgIpc) is 2.72. The topological polar surface area (TPSA) is 29.5 Å². The van der Waals surface area contributed by atoms with Gasteiger partial charge >= 0.3 is 5.97 Å². The van der Waals surface area contributed by atoms with Gasteiger partial charge in [-0.3, -0.25) is 0 Å². The van der Waals surface area contributed by atoms with E-state index in [0.717, 1.165) is 22.6 Å². The minimum Gasteiger partial charge on any atom is -0.458 e. The van der Waals surface area contributed by atoms with E-state index in [4.69, 9.17) is 4.74 Å². The lowest BCUT2D eigenvalue weighted by Gasteiger charge is -2.28. The van der Waals surface area contributed by atoms with Gasteiger partial charge in [-0.1, -0.05) is 36.9 Å². The van der Waals surface area contributed by atoms with Crippen LogP contribution in [0.2, 0.25) is 0 Å². The zero-order valence-electron chi connectivity index (χ0n) is 17.5. The number of carbonyl (C=O) groups excluding carboxylic acids is 1. The Morgan fingerprint density at radius 3 is 1.93 bits per heavy atom. The molecule has 0 aliphatic rings. The fourth-order valence-corrected chi connectivity index (χ4v) is 3.22. The number of ether oxygens (including phenoxy) is 1. The van der Waals surface area contributed by atoms with Gasteiger partial charge in [0, 0.05) is 23.0 Å². The van der Waals surface area contributed by atoms with Gasteiger partial charge in [0.1, 0.15) is 6.61 Å². The summed E-state index contributed by atoms with van der Waals surface area (Å²) in [5.41, 5.74) is 9.01. The van der Waals surface area contributed by atoms with Crippen molar-refractivity contribution < 1.29 is 9.53 Å². The summed E-state index contributed by atoms with van der Waals surface area (Å²) in [5.74, 6) is -0.427. The van der Waals surface area contributed by atoms with E-state index in [1.807, 2.05) is 18.2 Å². The molecule has 0 N–H and O–H groups in total. The summed E-state index contributed by atoms with van der Waals surface area (Å²) in [6, 6.07) is 20.9. The third-order valence-electron chi connectivity index (χ3n) is 5.27. The van der Waals surface area contributed by atoms with Crippen molar-refractivity contribution >= 4 is 23.0 Å². The number of hydrogen-bond donors (Lipinski definition) is 0. The Morgan fingerprint density at radius 1 is 0.862 bits per heavy atom. The van der Waals surface area contributed by atoms with E-state index < -0.39 is 5.97 Å². The summed E-state index contributed by atoms with van der Waals surface area (Å²) in [6.45, 7) is 12.1. The molecule has 3 aromatic rings. The molecule has 0 unspecified atom stereocenters. The third-order valence-corrected chi connectivity index (χ3v) is 5.27. The molecule has 0 spiro atoms. The van der Waals surface area contributed by atoms with Crippen molar-refractivity contribution in [3.05, 3.63) is 101 Å². The number of aryl methyl sites for hydroxylation is 4. The van der Waals surface area contributed by atoms with Crippen molar-refractivity contribution in [2.45, 2.75) is 34.3 Å². The Bertz CT molecular complexity index is 1000. The van der Waals surface area contributed by atoms with Gasteiger partial charge < -0.3 is 9.64 Å². The van der Waals surface area contributed by atoms with E-state index in [2.05, 4.69) is 81.6 Å². The molecule has 0 aliphatic carbocycles. The smallest absolute Gasteiger partial charge is 0.330 e. The van der Waals surface area contributed by atoms with Crippen molar-refractivity contribution in [1.29, 1.82) is 0 Å². The molecule has 3 rings (SSSR count). The number of rotatable bonds is 6. The van der Waals surface area contributed by atoms with Crippen LogP contribution >= 0.6 is 0 Å². The van der Waals surface area contributed by atoms with Crippen LogP contribution in [0.4, 0.5) is 17.1 Å². The highest BCUT2D eigenvalue weighted by Gasteiger charge is 2.17. The molecule has 148 valence electrons. The Labute approximate surface area is 173 Å². The number of para-hydroxylation sites is 1. The molecule has 0 fully saturated rings. The molecular formula is C26H27NO2. The van der Waals surface area contributed by atoms with E-state index >= 15 is 0 Å². The summed E-state index contributed by atoms with van der Waals surface area (Å²) in [4.78, 5) is 13.8. The second-order valence-corrected chi connectivity index (χ2v) is 7.31. The summed E-state index contributed by atoms with van der Waals surface area (Å²) < 4.78 is 5.34. The molecular weight excluding hydrogens is 358 g/mol. The first-order valence-corrected chi connectivity index (χ1v) is 9.72. The van der Waals surface area contributed by atoms with Crippen molar-refractivity contribution in [2.24, 2.45) is 0 Å². The van der Waals surface area contributed by atoms with Crippen molar-refractivity contribution in [3.63, 3.8) is 0 Å². The number of carbonyl (C=O) groups is 1. The highest BCUT2D eigenvalue weighted by Crippen LogP contribution is 2.38. The minimum atomic E-state index is -0.427. The van der Waals surface area contributed by atoms with Crippen LogP contribution in [0.15, 0.2) is 73.3 Å². The van der Waals surface area contributed by atoms with Crippen LogP contribution in [0.5, 0.6) is 0 Å². The Kier molecular flexibility index (Phi) is 6.18. The molecule has 0 saturated heterocycles. The lowest BCUT2D eigenvalue weighted by atomic mass is 10.0. The standard InChI is InChI=1S/C26H27NO2/c1-6-26(28)29-17-22-9-7-8-10-25(22)27(23-13-11-18(2)20(4)15-23)24-14-12-19(3)21(5)16-24/h6-16H,1,17H2,2-5H3. The second-order valence-electron chi connectivity index (χ2n) is 7.31. The lowest BCUT2D eigenvalue weighted by molar-refractivity contribution is -0.138. The highest BCUT2D eigenvalue weighted by molar-refractivity contribution is 5.82. The summed E-state index contributed by atoms with van der Waals surface area (Å²) >= 11 is 0. The first-order chi connectivity index (χ1) is 13.9. The van der Waals surface area contributed by atoms with Gasteiger partial charge in [0.25, 0.3) is 0 Å². The first-order valence-electron chi connectivity index (χ1n) is 9.72. The fraction of sp³-hybridized carbons (Fsp3) is 0.192. The zero-order valence-corrected chi connectivity index (χ0v) is 17.5. The summed E-state index contributed by atoms with van der Waals surface area (Å²) in [5, 5.41) is 0. The van der Waals surface area contributed by atoms with Crippen LogP contribution in [-0.2, 0) is 16.1 Å². The summed E-state index contributed by atoms with van der Waals surface area (Å²) in [6.07, 6.45) is 1.19. The van der Waals surface area contributed by atoms with Crippen molar-refractivity contribution in [2.75, 3.05) is 4.90 Å². The SMILES string of the molecule is C=CC(=O)OCc1ccccc1N(c1ccc(C)c(C)c1)c1ccc(C)c(C)c1. The van der Waals surface area contributed by atoms with Crippen LogP contribution in [0.1, 0.15) is 27.8 Å². The molecule has 0 bridgehead atoms. The highest BCUT2D eigenvalue weighted by atomic mass is 16.5. The van der Waals surface area contributed by atoms with Crippen LogP contribution in [0.25, 0.3) is 0 Å². The largest absolute Gasteiger partial charge is 0.458 e. The van der Waals surface area contributed by atoms with E-state index in [0.29, 0.717) is 0 Å². The maximum atomic E-state index is 11.6. The number of hydrogen-bond acceptors (Lipinski definition) is 3. The predicted octanol–water partition coefficient (Wildman–Crippen LogP) is 6.62. The second kappa shape index (κ2) is 8.78. The molecule has 29 heavy (non-hydrogen) atoms. The fourth-order valence-electron chi connectivity index (χ4n) is 3.22. The molecule has 0 aliphatic heterocycles. The molecule has 3 aromatic carbocycles. The maximum Gasteiger partial charge on any atom is 0.330 e. The molecule has 0 aromatic heterocycles. The Balaban J connectivity index is 2.15. The molecule has 0 saturated carbocycles. The van der Waals surface area contributed by atoms with Crippen LogP contribution in [0.3, 0.4) is 0 Å². The van der Waals surface area contributed by atoms with Gasteiger partial charge in [-0.25, -0.2) is 4.79 Å². The number of benzene rings is 3. The van der Waals surface area contributed by atoms with Gasteiger partial charge in [-0.15, -0.1) is 0 Å². The zero-order chi connectivity index (χ0) is 21.0. The van der Waals surface area contributed by atoms with Gasteiger partial charge in [0.15, 0.2) is 0 Å². The lowest BCUT2D eigenvalue weighted by Crippen LogP contribution is -2.14. The van der Waals surface area contributed by atoms with E-state index in [1.165, 1.54) is 28.3 Å². The normalized spacial score (nSPS) is 10.5. The first kappa shape index (κ1) is 20.4. The van der Waals surface area contributed by atoms with E-state index in [1.54, 1.807) is 0 Å². The average molecular weight is 386 g/mol.